The predicted octanol–water partition coefficient (Wildman–Crippen LogP) is 3.86. The van der Waals surface area contributed by atoms with Crippen LogP contribution >= 0.6 is 11.6 Å². The van der Waals surface area contributed by atoms with E-state index in [1.54, 1.807) is 12.1 Å². The maximum Gasteiger partial charge on any atom is 0.255 e. The second-order valence-electron chi connectivity index (χ2n) is 5.79. The first-order valence-electron chi connectivity index (χ1n) is 8.19. The Bertz CT molecular complexity index is 882. The number of aromatic nitrogens is 1. The minimum atomic E-state index is -0.280. The highest BCUT2D eigenvalue weighted by Crippen LogP contribution is 2.14. The molecule has 0 saturated heterocycles. The number of nitrogens with two attached hydrogens (primary N) is 1. The Hall–Kier alpha value is -3.05. The first kappa shape index (κ1) is 17.8. The van der Waals surface area contributed by atoms with Crippen molar-refractivity contribution in [1.82, 2.24) is 10.3 Å². The molecule has 0 radical (unpaired) electrons. The lowest BCUT2D eigenvalue weighted by atomic mass is 10.1. The number of amides is 1. The standard InChI is InChI=1S/C20H19ClN4O/c21-18-11-10-17(19(22)25-18)20(26)24-13-15-6-8-16(9-7-15)23-12-14-4-2-1-3-5-14/h1-11,23H,12-13H2,(H2,22,25)(H,24,26). The van der Waals surface area contributed by atoms with Crippen molar-refractivity contribution in [3.8, 4) is 0 Å². The van der Waals surface area contributed by atoms with Crippen LogP contribution in [0.25, 0.3) is 0 Å². The van der Waals surface area contributed by atoms with Crippen molar-refractivity contribution < 1.29 is 4.79 Å². The summed E-state index contributed by atoms with van der Waals surface area (Å²) in [6.45, 7) is 1.17. The molecule has 1 amide bonds. The molecule has 3 aromatic rings. The van der Waals surface area contributed by atoms with Crippen LogP contribution in [0.1, 0.15) is 21.5 Å². The van der Waals surface area contributed by atoms with Crippen LogP contribution in [0.5, 0.6) is 0 Å². The maximum atomic E-state index is 12.2. The Morgan fingerprint density at radius 3 is 2.31 bits per heavy atom. The Morgan fingerprint density at radius 1 is 0.923 bits per heavy atom. The summed E-state index contributed by atoms with van der Waals surface area (Å²) < 4.78 is 0. The number of nitrogen functional groups attached to an aromatic ring is 1. The van der Waals surface area contributed by atoms with E-state index in [-0.39, 0.29) is 16.9 Å². The molecular formula is C20H19ClN4O. The van der Waals surface area contributed by atoms with Crippen molar-refractivity contribution >= 4 is 29.0 Å². The van der Waals surface area contributed by atoms with Gasteiger partial charge < -0.3 is 16.4 Å². The number of carbonyl (C=O) groups is 1. The summed E-state index contributed by atoms with van der Waals surface area (Å²) in [5, 5.41) is 6.46. The molecule has 0 aliphatic carbocycles. The van der Waals surface area contributed by atoms with E-state index in [9.17, 15) is 4.79 Å². The highest BCUT2D eigenvalue weighted by atomic mass is 35.5. The third-order valence-electron chi connectivity index (χ3n) is 3.88. The Morgan fingerprint density at radius 2 is 1.62 bits per heavy atom. The molecule has 0 spiro atoms. The first-order chi connectivity index (χ1) is 12.6. The summed E-state index contributed by atoms with van der Waals surface area (Å²) >= 11 is 5.75. The van der Waals surface area contributed by atoms with Crippen molar-refractivity contribution in [3.05, 3.63) is 88.6 Å². The van der Waals surface area contributed by atoms with Gasteiger partial charge in [-0.15, -0.1) is 0 Å². The lowest BCUT2D eigenvalue weighted by molar-refractivity contribution is 0.0951. The van der Waals surface area contributed by atoms with Gasteiger partial charge in [-0.25, -0.2) is 4.98 Å². The van der Waals surface area contributed by atoms with E-state index in [0.29, 0.717) is 12.1 Å². The largest absolute Gasteiger partial charge is 0.383 e. The van der Waals surface area contributed by atoms with E-state index < -0.39 is 0 Å². The van der Waals surface area contributed by atoms with Crippen molar-refractivity contribution in [2.24, 2.45) is 0 Å². The number of anilines is 2. The quantitative estimate of drug-likeness (QED) is 0.579. The molecule has 1 aromatic heterocycles. The van der Waals surface area contributed by atoms with Gasteiger partial charge in [-0.3, -0.25) is 4.79 Å². The highest BCUT2D eigenvalue weighted by molar-refractivity contribution is 6.29. The van der Waals surface area contributed by atoms with E-state index >= 15 is 0 Å². The molecule has 5 nitrogen and oxygen atoms in total. The molecule has 3 rings (SSSR count). The van der Waals surface area contributed by atoms with Gasteiger partial charge >= 0.3 is 0 Å². The fourth-order valence-electron chi connectivity index (χ4n) is 2.46. The van der Waals surface area contributed by atoms with Crippen molar-refractivity contribution in [2.45, 2.75) is 13.1 Å². The molecule has 0 fully saturated rings. The zero-order valence-electron chi connectivity index (χ0n) is 14.1. The maximum absolute atomic E-state index is 12.2. The van der Waals surface area contributed by atoms with Gasteiger partial charge in [-0.1, -0.05) is 54.1 Å². The van der Waals surface area contributed by atoms with Crippen LogP contribution < -0.4 is 16.4 Å². The smallest absolute Gasteiger partial charge is 0.255 e. The van der Waals surface area contributed by atoms with Gasteiger partial charge in [0, 0.05) is 18.8 Å². The number of carbonyl (C=O) groups excluding carboxylic acids is 1. The molecular weight excluding hydrogens is 348 g/mol. The summed E-state index contributed by atoms with van der Waals surface area (Å²) in [6, 6.07) is 21.2. The number of hydrogen-bond donors (Lipinski definition) is 3. The molecule has 132 valence electrons. The van der Waals surface area contributed by atoms with E-state index in [1.807, 2.05) is 42.5 Å². The number of hydrogen-bond acceptors (Lipinski definition) is 4. The van der Waals surface area contributed by atoms with Gasteiger partial charge in [-0.05, 0) is 35.4 Å². The highest BCUT2D eigenvalue weighted by Gasteiger charge is 2.10. The molecule has 4 N–H and O–H groups in total. The molecule has 0 aliphatic heterocycles. The zero-order valence-corrected chi connectivity index (χ0v) is 14.8. The average molecular weight is 367 g/mol. The minimum absolute atomic E-state index is 0.121. The third-order valence-corrected chi connectivity index (χ3v) is 4.09. The van der Waals surface area contributed by atoms with Crippen LogP contribution in [0.4, 0.5) is 11.5 Å². The van der Waals surface area contributed by atoms with Gasteiger partial charge in [-0.2, -0.15) is 0 Å². The van der Waals surface area contributed by atoms with Gasteiger partial charge in [0.2, 0.25) is 0 Å². The topological polar surface area (TPSA) is 80.0 Å². The number of rotatable bonds is 6. The summed E-state index contributed by atoms with van der Waals surface area (Å²) in [5.41, 5.74) is 9.28. The van der Waals surface area contributed by atoms with E-state index in [1.165, 1.54) is 5.56 Å². The predicted molar refractivity (Wildman–Crippen MR) is 105 cm³/mol. The Labute approximate surface area is 157 Å². The lowest BCUT2D eigenvalue weighted by Gasteiger charge is -2.09. The van der Waals surface area contributed by atoms with Gasteiger partial charge in [0.1, 0.15) is 11.0 Å². The summed E-state index contributed by atoms with van der Waals surface area (Å²) in [6.07, 6.45) is 0. The summed E-state index contributed by atoms with van der Waals surface area (Å²) in [7, 11) is 0. The number of pyridine rings is 1. The minimum Gasteiger partial charge on any atom is -0.383 e. The van der Waals surface area contributed by atoms with Crippen LogP contribution in [-0.2, 0) is 13.1 Å². The molecule has 6 heteroatoms. The third kappa shape index (κ3) is 4.74. The van der Waals surface area contributed by atoms with Crippen LogP contribution in [0, 0.1) is 0 Å². The average Bonchev–Trinajstić information content (AvgIpc) is 2.66. The number of nitrogens with one attached hydrogen (secondary N) is 2. The molecule has 0 saturated carbocycles. The number of benzene rings is 2. The molecule has 1 heterocycles. The van der Waals surface area contributed by atoms with Crippen molar-refractivity contribution in [3.63, 3.8) is 0 Å². The van der Waals surface area contributed by atoms with Crippen LogP contribution in [0.3, 0.4) is 0 Å². The van der Waals surface area contributed by atoms with E-state index in [4.69, 9.17) is 17.3 Å². The normalized spacial score (nSPS) is 10.3. The molecule has 0 unspecified atom stereocenters. The molecule has 0 aliphatic rings. The Kier molecular flexibility index (Phi) is 5.71. The monoisotopic (exact) mass is 366 g/mol. The fraction of sp³-hybridized carbons (Fsp3) is 0.100. The second kappa shape index (κ2) is 8.36. The molecule has 2 aromatic carbocycles. The Balaban J connectivity index is 1.53. The van der Waals surface area contributed by atoms with E-state index in [0.717, 1.165) is 17.8 Å². The van der Waals surface area contributed by atoms with Gasteiger partial charge in [0.15, 0.2) is 0 Å². The van der Waals surface area contributed by atoms with Crippen molar-refractivity contribution in [1.29, 1.82) is 0 Å². The fourth-order valence-corrected chi connectivity index (χ4v) is 2.61. The molecule has 26 heavy (non-hydrogen) atoms. The second-order valence-corrected chi connectivity index (χ2v) is 6.17. The molecule has 0 bridgehead atoms. The van der Waals surface area contributed by atoms with Gasteiger partial charge in [0.05, 0.1) is 5.56 Å². The van der Waals surface area contributed by atoms with Crippen LogP contribution in [0.15, 0.2) is 66.7 Å². The van der Waals surface area contributed by atoms with Crippen molar-refractivity contribution in [2.75, 3.05) is 11.1 Å². The lowest BCUT2D eigenvalue weighted by Crippen LogP contribution is -2.24. The number of nitrogens with zero attached hydrogens (tertiary/aromatic N) is 1. The zero-order chi connectivity index (χ0) is 18.4. The first-order valence-corrected chi connectivity index (χ1v) is 8.56. The van der Waals surface area contributed by atoms with E-state index in [2.05, 4.69) is 27.8 Å². The molecule has 0 atom stereocenters. The number of halogens is 1. The van der Waals surface area contributed by atoms with Crippen LogP contribution in [0.2, 0.25) is 5.15 Å². The van der Waals surface area contributed by atoms with Crippen LogP contribution in [-0.4, -0.2) is 10.9 Å². The summed E-state index contributed by atoms with van der Waals surface area (Å²) in [4.78, 5) is 16.1. The summed E-state index contributed by atoms with van der Waals surface area (Å²) in [5.74, 6) is -0.159. The van der Waals surface area contributed by atoms with Gasteiger partial charge in [0.25, 0.3) is 5.91 Å². The SMILES string of the molecule is Nc1nc(Cl)ccc1C(=O)NCc1ccc(NCc2ccccc2)cc1.